The van der Waals surface area contributed by atoms with E-state index in [1.165, 1.54) is 7.11 Å². The van der Waals surface area contributed by atoms with Crippen LogP contribution in [-0.4, -0.2) is 30.6 Å². The molecule has 7 nitrogen and oxygen atoms in total. The first-order valence-electron chi connectivity index (χ1n) is 13.5. The fourth-order valence-electron chi connectivity index (χ4n) is 5.39. The molecule has 41 heavy (non-hydrogen) atoms. The average molecular weight is 553 g/mol. The molecule has 210 valence electrons. The summed E-state index contributed by atoms with van der Waals surface area (Å²) in [7, 11) is 1.30. The van der Waals surface area contributed by atoms with E-state index >= 15 is 0 Å². The second-order valence-electron chi connectivity index (χ2n) is 10.5. The molecule has 1 aliphatic carbocycles. The van der Waals surface area contributed by atoms with Gasteiger partial charge in [-0.15, -0.1) is 0 Å². The van der Waals surface area contributed by atoms with Crippen LogP contribution in [0.25, 0.3) is 5.76 Å². The normalized spacial score (nSPS) is 19.2. The van der Waals surface area contributed by atoms with Crippen LogP contribution < -0.4 is 0 Å². The molecule has 1 fully saturated rings. The SMILES string of the molecule is COC(=O)C1(C)OC(c2ccccc2)=C2CC(C(=O)OCc3ccccc3)(C(=O)OCc3ccccc3)CC2=C1C. The van der Waals surface area contributed by atoms with Gasteiger partial charge in [0.15, 0.2) is 5.41 Å². The lowest BCUT2D eigenvalue weighted by Gasteiger charge is -2.36. The van der Waals surface area contributed by atoms with Gasteiger partial charge in [0.25, 0.3) is 0 Å². The second-order valence-corrected chi connectivity index (χ2v) is 10.5. The number of carbonyl (C=O) groups is 3. The third-order valence-electron chi connectivity index (χ3n) is 7.89. The van der Waals surface area contributed by atoms with E-state index in [4.69, 9.17) is 18.9 Å². The summed E-state index contributed by atoms with van der Waals surface area (Å²) in [6.45, 7) is 3.43. The quantitative estimate of drug-likeness (QED) is 0.194. The Morgan fingerprint density at radius 2 is 1.17 bits per heavy atom. The molecule has 0 amide bonds. The average Bonchev–Trinajstić information content (AvgIpc) is 3.44. The molecule has 0 radical (unpaired) electrons. The van der Waals surface area contributed by atoms with Gasteiger partial charge in [-0.2, -0.15) is 0 Å². The van der Waals surface area contributed by atoms with Crippen molar-refractivity contribution < 1.29 is 33.3 Å². The third kappa shape index (κ3) is 5.27. The standard InChI is InChI=1S/C34H32O7/c1-23-27-19-34(31(36)39-21-24-13-7-4-8-14-24,32(37)40-22-25-15-9-5-10-16-25)20-28(27)29(26-17-11-6-12-18-26)41-33(23,2)30(35)38-3/h4-18H,19-22H2,1-3H3. The van der Waals surface area contributed by atoms with Crippen molar-refractivity contribution in [3.8, 4) is 0 Å². The molecule has 0 bridgehead atoms. The van der Waals surface area contributed by atoms with Crippen molar-refractivity contribution in [2.24, 2.45) is 5.41 Å². The number of methoxy groups -OCH3 is 1. The van der Waals surface area contributed by atoms with Crippen LogP contribution in [0, 0.1) is 5.41 Å². The number of fused-ring (bicyclic) bond motifs is 1. The number of hydrogen-bond donors (Lipinski definition) is 0. The fraction of sp³-hybridized carbons (Fsp3) is 0.265. The van der Waals surface area contributed by atoms with Gasteiger partial charge in [-0.3, -0.25) is 9.59 Å². The largest absolute Gasteiger partial charge is 0.470 e. The Balaban J connectivity index is 1.58. The number of allylic oxidation sites excluding steroid dienone is 2. The fourth-order valence-corrected chi connectivity index (χ4v) is 5.39. The van der Waals surface area contributed by atoms with E-state index in [1.807, 2.05) is 91.0 Å². The minimum Gasteiger partial charge on any atom is -0.470 e. The number of ether oxygens (including phenoxy) is 4. The van der Waals surface area contributed by atoms with E-state index in [0.29, 0.717) is 28.0 Å². The predicted octanol–water partition coefficient (Wildman–Crippen LogP) is 5.94. The lowest BCUT2D eigenvalue weighted by Crippen LogP contribution is -2.42. The van der Waals surface area contributed by atoms with Crippen molar-refractivity contribution in [2.75, 3.05) is 7.11 Å². The molecule has 0 spiro atoms. The van der Waals surface area contributed by atoms with Crippen LogP contribution in [-0.2, 0) is 46.5 Å². The van der Waals surface area contributed by atoms with Gasteiger partial charge < -0.3 is 18.9 Å². The molecule has 3 aromatic carbocycles. The molecular weight excluding hydrogens is 520 g/mol. The molecule has 5 rings (SSSR count). The van der Waals surface area contributed by atoms with Gasteiger partial charge in [-0.05, 0) is 41.7 Å². The lowest BCUT2D eigenvalue weighted by molar-refractivity contribution is -0.173. The highest BCUT2D eigenvalue weighted by Gasteiger charge is 2.59. The number of benzene rings is 3. The molecule has 7 heteroatoms. The summed E-state index contributed by atoms with van der Waals surface area (Å²) in [6.07, 6.45) is 0.00406. The molecular formula is C34H32O7. The number of carbonyl (C=O) groups excluding carboxylic acids is 3. The molecule has 2 aliphatic rings. The number of esters is 3. The minimum atomic E-state index is -1.67. The zero-order chi connectivity index (χ0) is 29.0. The van der Waals surface area contributed by atoms with Gasteiger partial charge in [0, 0.05) is 18.4 Å². The van der Waals surface area contributed by atoms with Crippen LogP contribution in [0.4, 0.5) is 0 Å². The summed E-state index contributed by atoms with van der Waals surface area (Å²) in [5.41, 5.74) is 1.13. The number of hydrogen-bond acceptors (Lipinski definition) is 7. The van der Waals surface area contributed by atoms with Gasteiger partial charge >= 0.3 is 17.9 Å². The summed E-state index contributed by atoms with van der Waals surface area (Å²) < 4.78 is 23.1. The molecule has 0 saturated heterocycles. The molecule has 1 unspecified atom stereocenters. The predicted molar refractivity (Wildman–Crippen MR) is 152 cm³/mol. The van der Waals surface area contributed by atoms with Crippen LogP contribution in [0.1, 0.15) is 43.4 Å². The summed E-state index contributed by atoms with van der Waals surface area (Å²) in [5, 5.41) is 0. The summed E-state index contributed by atoms with van der Waals surface area (Å²) >= 11 is 0. The van der Waals surface area contributed by atoms with E-state index in [0.717, 1.165) is 11.1 Å². The Bertz CT molecular complexity index is 1450. The van der Waals surface area contributed by atoms with Gasteiger partial charge in [-0.25, -0.2) is 4.79 Å². The molecule has 1 atom stereocenters. The smallest absolute Gasteiger partial charge is 0.354 e. The highest BCUT2D eigenvalue weighted by Crippen LogP contribution is 2.55. The molecule has 1 saturated carbocycles. The Morgan fingerprint density at radius 3 is 1.66 bits per heavy atom. The Kier molecular flexibility index (Phi) is 7.79. The van der Waals surface area contributed by atoms with Crippen molar-refractivity contribution in [1.82, 2.24) is 0 Å². The Hall–Kier alpha value is -4.65. The Labute approximate surface area is 239 Å². The van der Waals surface area contributed by atoms with Gasteiger partial charge in [0.1, 0.15) is 19.0 Å². The van der Waals surface area contributed by atoms with Crippen molar-refractivity contribution >= 4 is 23.7 Å². The van der Waals surface area contributed by atoms with Gasteiger partial charge in [0.2, 0.25) is 5.60 Å². The molecule has 0 N–H and O–H groups in total. The minimum absolute atomic E-state index is 0.00168. The molecule has 0 aromatic heterocycles. The van der Waals surface area contributed by atoms with Crippen LogP contribution in [0.3, 0.4) is 0 Å². The van der Waals surface area contributed by atoms with E-state index in [1.54, 1.807) is 13.8 Å². The highest BCUT2D eigenvalue weighted by atomic mass is 16.6. The van der Waals surface area contributed by atoms with Crippen LogP contribution in [0.2, 0.25) is 0 Å². The monoisotopic (exact) mass is 552 g/mol. The number of rotatable bonds is 8. The van der Waals surface area contributed by atoms with Crippen molar-refractivity contribution in [1.29, 1.82) is 0 Å². The zero-order valence-electron chi connectivity index (χ0n) is 23.3. The second kappa shape index (κ2) is 11.5. The summed E-state index contributed by atoms with van der Waals surface area (Å²) in [5.74, 6) is -1.53. The van der Waals surface area contributed by atoms with Crippen LogP contribution >= 0.6 is 0 Å². The zero-order valence-corrected chi connectivity index (χ0v) is 23.3. The summed E-state index contributed by atoms with van der Waals surface area (Å²) in [4.78, 5) is 40.9. The maximum atomic E-state index is 13.9. The van der Waals surface area contributed by atoms with Crippen LogP contribution in [0.15, 0.2) is 108 Å². The van der Waals surface area contributed by atoms with E-state index in [9.17, 15) is 14.4 Å². The topological polar surface area (TPSA) is 88.1 Å². The summed E-state index contributed by atoms with van der Waals surface area (Å²) in [6, 6.07) is 27.9. The maximum Gasteiger partial charge on any atom is 0.354 e. The first kappa shape index (κ1) is 27.9. The first-order valence-corrected chi connectivity index (χ1v) is 13.5. The highest BCUT2D eigenvalue weighted by molar-refractivity contribution is 6.03. The van der Waals surface area contributed by atoms with Gasteiger partial charge in [0.05, 0.1) is 7.11 Å². The van der Waals surface area contributed by atoms with Crippen molar-refractivity contribution in [3.63, 3.8) is 0 Å². The first-order chi connectivity index (χ1) is 19.8. The maximum absolute atomic E-state index is 13.9. The lowest BCUT2D eigenvalue weighted by atomic mass is 9.84. The van der Waals surface area contributed by atoms with E-state index < -0.39 is 28.9 Å². The van der Waals surface area contributed by atoms with Gasteiger partial charge in [-0.1, -0.05) is 91.0 Å². The van der Waals surface area contributed by atoms with Crippen LogP contribution in [0.5, 0.6) is 0 Å². The van der Waals surface area contributed by atoms with Crippen molar-refractivity contribution in [2.45, 2.75) is 45.5 Å². The van der Waals surface area contributed by atoms with E-state index in [-0.39, 0.29) is 26.1 Å². The van der Waals surface area contributed by atoms with Crippen molar-refractivity contribution in [3.05, 3.63) is 124 Å². The van der Waals surface area contributed by atoms with E-state index in [2.05, 4.69) is 0 Å². The molecule has 1 aliphatic heterocycles. The molecule has 1 heterocycles. The molecule has 3 aromatic rings. The Morgan fingerprint density at radius 1 is 0.707 bits per heavy atom. The third-order valence-corrected chi connectivity index (χ3v) is 7.89.